The number of hydrogen-bond donors (Lipinski definition) is 0. The number of nitrogens with zero attached hydrogens (tertiary/aromatic N) is 1. The molecule has 2 aromatic heterocycles. The topological polar surface area (TPSA) is 37.4 Å². The average Bonchev–Trinajstić information content (AvgIpc) is 3.09. The molecule has 1 aliphatic rings. The van der Waals surface area contributed by atoms with Crippen LogP contribution in [0.25, 0.3) is 0 Å². The van der Waals surface area contributed by atoms with Crippen LogP contribution in [-0.2, 0) is 10.0 Å². The summed E-state index contributed by atoms with van der Waals surface area (Å²) in [4.78, 5) is 2.18. The van der Waals surface area contributed by atoms with E-state index in [1.54, 1.807) is 21.7 Å². The van der Waals surface area contributed by atoms with Crippen LogP contribution in [-0.4, -0.2) is 19.3 Å². The van der Waals surface area contributed by atoms with E-state index in [9.17, 15) is 8.42 Å². The molecule has 1 fully saturated rings. The largest absolute Gasteiger partial charge is 0.253 e. The van der Waals surface area contributed by atoms with Crippen LogP contribution in [0.3, 0.4) is 0 Å². The first kappa shape index (κ1) is 13.3. The normalized spacial score (nSPS) is 21.0. The van der Waals surface area contributed by atoms with Crippen molar-refractivity contribution in [1.82, 2.24) is 4.31 Å². The molecule has 0 saturated carbocycles. The van der Waals surface area contributed by atoms with Gasteiger partial charge in [-0.1, -0.05) is 6.07 Å². The van der Waals surface area contributed by atoms with Crippen molar-refractivity contribution in [3.8, 4) is 0 Å². The summed E-state index contributed by atoms with van der Waals surface area (Å²) in [5.41, 5.74) is 0. The van der Waals surface area contributed by atoms with Gasteiger partial charge < -0.3 is 0 Å². The highest BCUT2D eigenvalue weighted by Crippen LogP contribution is 2.39. The lowest BCUT2D eigenvalue weighted by Crippen LogP contribution is -2.29. The second kappa shape index (κ2) is 5.01. The Morgan fingerprint density at radius 1 is 1.32 bits per heavy atom. The molecule has 0 bridgehead atoms. The van der Waals surface area contributed by atoms with E-state index in [0.717, 1.165) is 22.6 Å². The number of sulfonamides is 1. The summed E-state index contributed by atoms with van der Waals surface area (Å²) in [5, 5.41) is 2.01. The van der Waals surface area contributed by atoms with E-state index in [2.05, 4.69) is 0 Å². The summed E-state index contributed by atoms with van der Waals surface area (Å²) >= 11 is 2.99. The summed E-state index contributed by atoms with van der Waals surface area (Å²) in [6.45, 7) is 2.56. The maximum absolute atomic E-state index is 12.7. The van der Waals surface area contributed by atoms with Gasteiger partial charge in [0.2, 0.25) is 0 Å². The Kier molecular flexibility index (Phi) is 3.51. The third kappa shape index (κ3) is 2.38. The maximum Gasteiger partial charge on any atom is 0.253 e. The van der Waals surface area contributed by atoms with Gasteiger partial charge in [-0.05, 0) is 43.3 Å². The summed E-state index contributed by atoms with van der Waals surface area (Å²) in [7, 11) is -3.33. The van der Waals surface area contributed by atoms with Crippen LogP contribution >= 0.6 is 22.7 Å². The van der Waals surface area contributed by atoms with Crippen molar-refractivity contribution in [2.45, 2.75) is 30.0 Å². The molecule has 0 amide bonds. The third-order valence-corrected chi connectivity index (χ3v) is 7.70. The van der Waals surface area contributed by atoms with Gasteiger partial charge in [0, 0.05) is 16.3 Å². The first-order valence-corrected chi connectivity index (χ1v) is 9.34. The zero-order valence-electron chi connectivity index (χ0n) is 10.6. The highest BCUT2D eigenvalue weighted by Gasteiger charge is 2.37. The number of rotatable bonds is 3. The van der Waals surface area contributed by atoms with Crippen molar-refractivity contribution in [2.75, 3.05) is 6.54 Å². The molecule has 2 aromatic rings. The van der Waals surface area contributed by atoms with E-state index in [0.29, 0.717) is 10.8 Å². The highest BCUT2D eigenvalue weighted by molar-refractivity contribution is 7.91. The van der Waals surface area contributed by atoms with Crippen LogP contribution in [0.2, 0.25) is 0 Å². The Labute approximate surface area is 121 Å². The Balaban J connectivity index is 1.96. The van der Waals surface area contributed by atoms with Crippen LogP contribution < -0.4 is 0 Å². The molecule has 0 spiro atoms. The number of aryl methyl sites for hydroxylation is 1. The van der Waals surface area contributed by atoms with Gasteiger partial charge in [0.05, 0.1) is 6.04 Å². The molecule has 6 heteroatoms. The fourth-order valence-electron chi connectivity index (χ4n) is 2.46. The molecule has 3 heterocycles. The minimum atomic E-state index is -3.33. The third-order valence-electron chi connectivity index (χ3n) is 3.35. The standard InChI is InChI=1S/C13H15NO2S3/c1-10-6-7-13(18-10)19(15,16)14-8-2-4-11(14)12-5-3-9-17-12/h3,5-7,9,11H,2,4,8H2,1H3. The quantitative estimate of drug-likeness (QED) is 0.867. The summed E-state index contributed by atoms with van der Waals surface area (Å²) in [6, 6.07) is 7.63. The zero-order valence-corrected chi connectivity index (χ0v) is 13.0. The molecular formula is C13H15NO2S3. The molecule has 19 heavy (non-hydrogen) atoms. The second-order valence-electron chi connectivity index (χ2n) is 4.65. The Hall–Kier alpha value is -0.690. The van der Waals surface area contributed by atoms with Gasteiger partial charge in [-0.15, -0.1) is 22.7 Å². The van der Waals surface area contributed by atoms with E-state index in [1.807, 2.05) is 30.5 Å². The fraction of sp³-hybridized carbons (Fsp3) is 0.385. The van der Waals surface area contributed by atoms with Gasteiger partial charge >= 0.3 is 0 Å². The van der Waals surface area contributed by atoms with Crippen molar-refractivity contribution in [2.24, 2.45) is 0 Å². The summed E-state index contributed by atoms with van der Waals surface area (Å²) < 4.78 is 27.5. The molecule has 0 aliphatic carbocycles. The van der Waals surface area contributed by atoms with Crippen molar-refractivity contribution in [1.29, 1.82) is 0 Å². The molecule has 1 unspecified atom stereocenters. The van der Waals surface area contributed by atoms with E-state index in [-0.39, 0.29) is 6.04 Å². The molecule has 0 N–H and O–H groups in total. The van der Waals surface area contributed by atoms with E-state index < -0.39 is 10.0 Å². The Morgan fingerprint density at radius 3 is 2.79 bits per heavy atom. The van der Waals surface area contributed by atoms with Crippen LogP contribution in [0.5, 0.6) is 0 Å². The summed E-state index contributed by atoms with van der Waals surface area (Å²) in [5.74, 6) is 0. The molecule has 1 aliphatic heterocycles. The van der Waals surface area contributed by atoms with Gasteiger partial charge in [-0.25, -0.2) is 8.42 Å². The first-order chi connectivity index (χ1) is 9.09. The predicted molar refractivity (Wildman–Crippen MR) is 79.2 cm³/mol. The smallest absolute Gasteiger partial charge is 0.206 e. The lowest BCUT2D eigenvalue weighted by molar-refractivity contribution is 0.402. The molecular weight excluding hydrogens is 298 g/mol. The van der Waals surface area contributed by atoms with Gasteiger partial charge in [0.25, 0.3) is 10.0 Å². The molecule has 1 saturated heterocycles. The van der Waals surface area contributed by atoms with Gasteiger partial charge in [0.15, 0.2) is 0 Å². The Morgan fingerprint density at radius 2 is 2.16 bits per heavy atom. The maximum atomic E-state index is 12.7. The van der Waals surface area contributed by atoms with Gasteiger partial charge in [0.1, 0.15) is 4.21 Å². The van der Waals surface area contributed by atoms with E-state index in [1.165, 1.54) is 11.3 Å². The van der Waals surface area contributed by atoms with Crippen LogP contribution in [0.4, 0.5) is 0 Å². The number of hydrogen-bond acceptors (Lipinski definition) is 4. The van der Waals surface area contributed by atoms with Crippen molar-refractivity contribution < 1.29 is 8.42 Å². The summed E-state index contributed by atoms with van der Waals surface area (Å²) in [6.07, 6.45) is 1.86. The van der Waals surface area contributed by atoms with E-state index in [4.69, 9.17) is 0 Å². The SMILES string of the molecule is Cc1ccc(S(=O)(=O)N2CCCC2c2cccs2)s1. The minimum absolute atomic E-state index is 0.0207. The molecule has 102 valence electrons. The Bertz CT molecular complexity index is 658. The van der Waals surface area contributed by atoms with Crippen molar-refractivity contribution >= 4 is 32.7 Å². The fourth-order valence-corrected chi connectivity index (χ4v) is 6.49. The van der Waals surface area contributed by atoms with Crippen molar-refractivity contribution in [3.05, 3.63) is 39.4 Å². The number of thiophene rings is 2. The minimum Gasteiger partial charge on any atom is -0.206 e. The lowest BCUT2D eigenvalue weighted by atomic mass is 10.2. The highest BCUT2D eigenvalue weighted by atomic mass is 32.2. The van der Waals surface area contributed by atoms with Crippen LogP contribution in [0.1, 0.15) is 28.6 Å². The molecule has 1 atom stereocenters. The van der Waals surface area contributed by atoms with Crippen LogP contribution in [0.15, 0.2) is 33.9 Å². The molecule has 3 nitrogen and oxygen atoms in total. The molecule has 0 radical (unpaired) electrons. The lowest BCUT2D eigenvalue weighted by Gasteiger charge is -2.22. The first-order valence-electron chi connectivity index (χ1n) is 6.21. The zero-order chi connectivity index (χ0) is 13.5. The van der Waals surface area contributed by atoms with Crippen LogP contribution in [0, 0.1) is 6.92 Å². The van der Waals surface area contributed by atoms with Gasteiger partial charge in [-0.2, -0.15) is 4.31 Å². The van der Waals surface area contributed by atoms with E-state index >= 15 is 0 Å². The second-order valence-corrected chi connectivity index (χ2v) is 9.04. The molecule has 0 aromatic carbocycles. The van der Waals surface area contributed by atoms with Crippen molar-refractivity contribution in [3.63, 3.8) is 0 Å². The predicted octanol–water partition coefficient (Wildman–Crippen LogP) is 3.64. The average molecular weight is 313 g/mol. The molecule has 3 rings (SSSR count). The van der Waals surface area contributed by atoms with Gasteiger partial charge in [-0.3, -0.25) is 0 Å². The monoisotopic (exact) mass is 313 g/mol.